The van der Waals surface area contributed by atoms with Crippen LogP contribution in [0.15, 0.2) is 24.3 Å². The highest BCUT2D eigenvalue weighted by molar-refractivity contribution is 5.87. The fourth-order valence-corrected chi connectivity index (χ4v) is 5.15. The Morgan fingerprint density at radius 2 is 1.76 bits per heavy atom. The van der Waals surface area contributed by atoms with Gasteiger partial charge in [0.25, 0.3) is 0 Å². The van der Waals surface area contributed by atoms with Crippen molar-refractivity contribution >= 4 is 11.8 Å². The number of Topliss-reactive ketones (excluding diaryl/α,β-unsaturated/α-hetero) is 1. The van der Waals surface area contributed by atoms with E-state index in [0.717, 1.165) is 31.3 Å². The maximum Gasteiger partial charge on any atom is 0.310 e. The number of ether oxygens (including phenoxy) is 2. The molecular weight excluding hydrogens is 316 g/mol. The molecule has 0 amide bonds. The quantitative estimate of drug-likeness (QED) is 0.562. The van der Waals surface area contributed by atoms with E-state index in [1.165, 1.54) is 0 Å². The Bertz CT molecular complexity index is 607. The first-order valence-electron chi connectivity index (χ1n) is 9.36. The number of carbonyl (C=O) groups is 2. The lowest BCUT2D eigenvalue weighted by molar-refractivity contribution is -0.189. The molecule has 0 aromatic heterocycles. The third-order valence-corrected chi connectivity index (χ3v) is 6.68. The largest absolute Gasteiger partial charge is 0.456 e. The Balaban J connectivity index is 1.74. The van der Waals surface area contributed by atoms with E-state index in [2.05, 4.69) is 18.7 Å². The van der Waals surface area contributed by atoms with Crippen molar-refractivity contribution in [2.75, 3.05) is 7.11 Å². The van der Waals surface area contributed by atoms with Gasteiger partial charge >= 0.3 is 5.97 Å². The molecule has 4 nitrogen and oxygen atoms in total. The van der Waals surface area contributed by atoms with Gasteiger partial charge in [0.05, 0.1) is 12.0 Å². The summed E-state index contributed by atoms with van der Waals surface area (Å²) in [6, 6.07) is 0. The fraction of sp³-hybridized carbons (Fsp3) is 0.714. The smallest absolute Gasteiger partial charge is 0.310 e. The zero-order valence-electron chi connectivity index (χ0n) is 15.8. The van der Waals surface area contributed by atoms with Crippen LogP contribution in [0.25, 0.3) is 0 Å². The second-order valence-electron chi connectivity index (χ2n) is 8.39. The van der Waals surface area contributed by atoms with Crippen molar-refractivity contribution in [2.45, 2.75) is 58.2 Å². The zero-order chi connectivity index (χ0) is 18.4. The van der Waals surface area contributed by atoms with Gasteiger partial charge in [0.2, 0.25) is 0 Å². The summed E-state index contributed by atoms with van der Waals surface area (Å²) in [7, 11) is 1.68. The molecule has 0 saturated heterocycles. The minimum Gasteiger partial charge on any atom is -0.456 e. The molecule has 0 N–H and O–H groups in total. The third kappa shape index (κ3) is 3.21. The van der Waals surface area contributed by atoms with E-state index in [-0.39, 0.29) is 41.5 Å². The summed E-state index contributed by atoms with van der Waals surface area (Å²) in [5.74, 6) is 0.0632. The van der Waals surface area contributed by atoms with Gasteiger partial charge < -0.3 is 9.47 Å². The van der Waals surface area contributed by atoms with Crippen molar-refractivity contribution in [2.24, 2.45) is 29.6 Å². The maximum absolute atomic E-state index is 13.0. The van der Waals surface area contributed by atoms with Crippen LogP contribution in [0.2, 0.25) is 0 Å². The lowest BCUT2D eigenvalue weighted by Gasteiger charge is -2.44. The molecule has 138 valence electrons. The third-order valence-electron chi connectivity index (χ3n) is 6.68. The predicted molar refractivity (Wildman–Crippen MR) is 95.8 cm³/mol. The molecule has 25 heavy (non-hydrogen) atoms. The lowest BCUT2D eigenvalue weighted by Crippen LogP contribution is -2.50. The van der Waals surface area contributed by atoms with Gasteiger partial charge in [-0.3, -0.25) is 9.59 Å². The molecule has 0 heterocycles. The number of hydrogen-bond donors (Lipinski definition) is 0. The van der Waals surface area contributed by atoms with E-state index >= 15 is 0 Å². The van der Waals surface area contributed by atoms with Gasteiger partial charge in [0.15, 0.2) is 0 Å². The molecule has 0 aromatic carbocycles. The van der Waals surface area contributed by atoms with Gasteiger partial charge in [-0.25, -0.2) is 0 Å². The van der Waals surface area contributed by atoms with E-state index in [9.17, 15) is 9.59 Å². The molecule has 2 fully saturated rings. The number of methoxy groups -OCH3 is 1. The highest BCUT2D eigenvalue weighted by Gasteiger charge is 2.53. The number of esters is 1. The predicted octanol–water partition coefficient (Wildman–Crippen LogP) is 3.71. The van der Waals surface area contributed by atoms with Crippen LogP contribution in [0.3, 0.4) is 0 Å². The molecule has 3 rings (SSSR count). The monoisotopic (exact) mass is 346 g/mol. The van der Waals surface area contributed by atoms with Crippen molar-refractivity contribution in [3.05, 3.63) is 24.3 Å². The molecule has 0 spiro atoms. The van der Waals surface area contributed by atoms with Crippen molar-refractivity contribution in [3.63, 3.8) is 0 Å². The normalized spacial score (nSPS) is 42.4. The lowest BCUT2D eigenvalue weighted by atomic mass is 9.74. The Labute approximate surface area is 150 Å². The van der Waals surface area contributed by atoms with Crippen LogP contribution in [0.4, 0.5) is 0 Å². The minimum absolute atomic E-state index is 0.0956. The zero-order valence-corrected chi connectivity index (χ0v) is 15.8. The van der Waals surface area contributed by atoms with E-state index < -0.39 is 5.60 Å². The van der Waals surface area contributed by atoms with Gasteiger partial charge in [-0.2, -0.15) is 0 Å². The molecule has 2 saturated carbocycles. The molecule has 2 unspecified atom stereocenters. The van der Waals surface area contributed by atoms with E-state index in [4.69, 9.17) is 9.47 Å². The van der Waals surface area contributed by atoms with Gasteiger partial charge in [-0.15, -0.1) is 0 Å². The van der Waals surface area contributed by atoms with E-state index in [1.807, 2.05) is 13.8 Å². The van der Waals surface area contributed by atoms with Crippen molar-refractivity contribution in [3.8, 4) is 0 Å². The molecule has 7 atom stereocenters. The van der Waals surface area contributed by atoms with Crippen molar-refractivity contribution in [1.29, 1.82) is 0 Å². The van der Waals surface area contributed by atoms with Crippen LogP contribution in [0.5, 0.6) is 0 Å². The molecule has 3 aliphatic rings. The first-order chi connectivity index (χ1) is 11.8. The van der Waals surface area contributed by atoms with Gasteiger partial charge in [-0.1, -0.05) is 24.3 Å². The first-order valence-corrected chi connectivity index (χ1v) is 9.36. The Morgan fingerprint density at radius 1 is 1.12 bits per heavy atom. The fourth-order valence-electron chi connectivity index (χ4n) is 5.15. The molecule has 2 bridgehead atoms. The minimum atomic E-state index is -0.634. The summed E-state index contributed by atoms with van der Waals surface area (Å²) in [5.41, 5.74) is 0.523. The second-order valence-corrected chi connectivity index (χ2v) is 8.39. The van der Waals surface area contributed by atoms with Gasteiger partial charge in [0, 0.05) is 13.0 Å². The highest BCUT2D eigenvalue weighted by atomic mass is 16.6. The summed E-state index contributed by atoms with van der Waals surface area (Å²) in [4.78, 5) is 25.1. The van der Waals surface area contributed by atoms with E-state index in [1.54, 1.807) is 14.0 Å². The summed E-state index contributed by atoms with van der Waals surface area (Å²) in [6.45, 7) is 9.68. The average Bonchev–Trinajstić information content (AvgIpc) is 3.15. The van der Waals surface area contributed by atoms with Crippen LogP contribution in [-0.4, -0.2) is 30.6 Å². The standard InChI is InChI=1S/C21H30O4/c1-12(2)14-8-9-21(4,17(11-14)24-5)25-20(23)19-16-7-6-15(10-16)18(19)13(3)22/h6-7,14-19H,1,8-11H2,2-5H3/t14-,15-,16+,17+,18?,19?,21+/m1/s1. The SMILES string of the molecule is C=C(C)[C@@H]1CC[C@](C)(OC(=O)C2C(C(C)=O)[C@@H]3C=C[C@H]2C3)[C@@H](OC)C1. The molecule has 3 aliphatic carbocycles. The van der Waals surface area contributed by atoms with Crippen molar-refractivity contribution < 1.29 is 19.1 Å². The van der Waals surface area contributed by atoms with Crippen molar-refractivity contribution in [1.82, 2.24) is 0 Å². The summed E-state index contributed by atoms with van der Waals surface area (Å²) >= 11 is 0. The first kappa shape index (κ1) is 18.4. The molecule has 0 aromatic rings. The number of fused-ring (bicyclic) bond motifs is 2. The molecule has 0 aliphatic heterocycles. The van der Waals surface area contributed by atoms with Crippen LogP contribution >= 0.6 is 0 Å². The van der Waals surface area contributed by atoms with Gasteiger partial charge in [0.1, 0.15) is 11.4 Å². The van der Waals surface area contributed by atoms with Crippen LogP contribution < -0.4 is 0 Å². The second kappa shape index (κ2) is 6.71. The van der Waals surface area contributed by atoms with Crippen LogP contribution in [-0.2, 0) is 19.1 Å². The van der Waals surface area contributed by atoms with Gasteiger partial charge in [-0.05, 0) is 64.2 Å². The topological polar surface area (TPSA) is 52.6 Å². The molecular formula is C21H30O4. The average molecular weight is 346 g/mol. The van der Waals surface area contributed by atoms with Crippen LogP contribution in [0, 0.1) is 29.6 Å². The number of carbonyl (C=O) groups excluding carboxylic acids is 2. The maximum atomic E-state index is 13.0. The Kier molecular flexibility index (Phi) is 4.93. The number of ketones is 1. The Morgan fingerprint density at radius 3 is 2.32 bits per heavy atom. The number of allylic oxidation sites excluding steroid dienone is 3. The Hall–Kier alpha value is -1.42. The molecule has 0 radical (unpaired) electrons. The summed E-state index contributed by atoms with van der Waals surface area (Å²) in [6.07, 6.45) is 7.47. The number of rotatable bonds is 5. The highest BCUT2D eigenvalue weighted by Crippen LogP contribution is 2.50. The van der Waals surface area contributed by atoms with E-state index in [0.29, 0.717) is 5.92 Å². The van der Waals surface area contributed by atoms with Crippen LogP contribution in [0.1, 0.15) is 46.5 Å². The summed E-state index contributed by atoms with van der Waals surface area (Å²) in [5, 5.41) is 0. The molecule has 4 heteroatoms. The number of hydrogen-bond acceptors (Lipinski definition) is 4. The summed E-state index contributed by atoms with van der Waals surface area (Å²) < 4.78 is 11.7.